The number of ether oxygens (including phenoxy) is 3. The number of carbonyl (C=O) groups is 2. The minimum Gasteiger partial charge on any atom is -0.497 e. The molecule has 0 amide bonds. The van der Waals surface area contributed by atoms with Crippen LogP contribution in [0.5, 0.6) is 11.5 Å². The van der Waals surface area contributed by atoms with E-state index >= 15 is 0 Å². The zero-order chi connectivity index (χ0) is 19.9. The van der Waals surface area contributed by atoms with E-state index in [4.69, 9.17) is 14.2 Å². The van der Waals surface area contributed by atoms with Gasteiger partial charge in [-0.3, -0.25) is 4.79 Å². The Labute approximate surface area is 163 Å². The Morgan fingerprint density at radius 2 is 1.43 bits per heavy atom. The quantitative estimate of drug-likeness (QED) is 0.449. The maximum Gasteiger partial charge on any atom is 0.342 e. The standard InChI is InChI=1S/C23H20O5/c1-26-18-13-14-19(20(15-18)27-2)23(25)28-22(17-11-7-4-8-12-17)21(24)16-9-5-3-6-10-16/h3-15,22H,1-2H3/t22-/m1/s1. The molecule has 3 rings (SSSR count). The molecule has 0 bridgehead atoms. The molecule has 0 aliphatic heterocycles. The lowest BCUT2D eigenvalue weighted by molar-refractivity contribution is 0.0277. The Hall–Kier alpha value is -3.60. The second-order valence-corrected chi connectivity index (χ2v) is 5.99. The molecule has 142 valence electrons. The van der Waals surface area contributed by atoms with E-state index in [2.05, 4.69) is 0 Å². The van der Waals surface area contributed by atoms with Crippen LogP contribution in [-0.4, -0.2) is 26.0 Å². The van der Waals surface area contributed by atoms with Gasteiger partial charge in [0, 0.05) is 17.2 Å². The maximum absolute atomic E-state index is 13.0. The van der Waals surface area contributed by atoms with E-state index in [1.165, 1.54) is 14.2 Å². The topological polar surface area (TPSA) is 61.8 Å². The molecule has 0 aromatic heterocycles. The number of ketones is 1. The maximum atomic E-state index is 13.0. The van der Waals surface area contributed by atoms with Crippen molar-refractivity contribution in [1.82, 2.24) is 0 Å². The van der Waals surface area contributed by atoms with E-state index in [0.717, 1.165) is 0 Å². The third-order valence-corrected chi connectivity index (χ3v) is 4.25. The lowest BCUT2D eigenvalue weighted by Crippen LogP contribution is -2.20. The van der Waals surface area contributed by atoms with Crippen LogP contribution in [0.2, 0.25) is 0 Å². The summed E-state index contributed by atoms with van der Waals surface area (Å²) in [7, 11) is 2.98. The number of rotatable bonds is 7. The number of hydrogen-bond donors (Lipinski definition) is 0. The van der Waals surface area contributed by atoms with Gasteiger partial charge in [0.05, 0.1) is 14.2 Å². The predicted molar refractivity (Wildman–Crippen MR) is 105 cm³/mol. The summed E-state index contributed by atoms with van der Waals surface area (Å²) in [6, 6.07) is 22.5. The summed E-state index contributed by atoms with van der Waals surface area (Å²) >= 11 is 0. The fourth-order valence-electron chi connectivity index (χ4n) is 2.79. The summed E-state index contributed by atoms with van der Waals surface area (Å²) in [6.07, 6.45) is -1.07. The zero-order valence-electron chi connectivity index (χ0n) is 15.6. The molecule has 3 aromatic carbocycles. The predicted octanol–water partition coefficient (Wildman–Crippen LogP) is 4.48. The van der Waals surface area contributed by atoms with Crippen LogP contribution in [0, 0.1) is 0 Å². The SMILES string of the molecule is COc1ccc(C(=O)O[C@@H](C(=O)c2ccccc2)c2ccccc2)c(OC)c1. The minimum absolute atomic E-state index is 0.213. The molecule has 0 radical (unpaired) electrons. The lowest BCUT2D eigenvalue weighted by atomic mass is 9.99. The first-order valence-electron chi connectivity index (χ1n) is 8.71. The fraction of sp³-hybridized carbons (Fsp3) is 0.130. The molecule has 0 aliphatic carbocycles. The van der Waals surface area contributed by atoms with Gasteiger partial charge in [-0.2, -0.15) is 0 Å². The van der Waals surface area contributed by atoms with Gasteiger partial charge in [0.25, 0.3) is 0 Å². The zero-order valence-corrected chi connectivity index (χ0v) is 15.6. The Balaban J connectivity index is 1.94. The van der Waals surface area contributed by atoms with Crippen LogP contribution < -0.4 is 9.47 Å². The van der Waals surface area contributed by atoms with Crippen molar-refractivity contribution < 1.29 is 23.8 Å². The van der Waals surface area contributed by atoms with Crippen LogP contribution in [0.25, 0.3) is 0 Å². The number of carbonyl (C=O) groups excluding carboxylic acids is 2. The van der Waals surface area contributed by atoms with Crippen molar-refractivity contribution in [3.05, 3.63) is 95.6 Å². The molecule has 3 aromatic rings. The van der Waals surface area contributed by atoms with E-state index in [9.17, 15) is 9.59 Å². The third kappa shape index (κ3) is 4.20. The first kappa shape index (κ1) is 19.2. The van der Waals surface area contributed by atoms with E-state index in [1.807, 2.05) is 12.1 Å². The largest absolute Gasteiger partial charge is 0.497 e. The minimum atomic E-state index is -1.07. The van der Waals surface area contributed by atoms with Crippen molar-refractivity contribution in [2.45, 2.75) is 6.10 Å². The molecule has 0 spiro atoms. The molecule has 0 aliphatic rings. The molecule has 0 fully saturated rings. The van der Waals surface area contributed by atoms with Gasteiger partial charge in [0.1, 0.15) is 17.1 Å². The summed E-state index contributed by atoms with van der Waals surface area (Å²) in [5, 5.41) is 0. The smallest absolute Gasteiger partial charge is 0.342 e. The number of Topliss-reactive ketones (excluding diaryl/α,β-unsaturated/α-hetero) is 1. The summed E-state index contributed by atoms with van der Waals surface area (Å²) in [5.41, 5.74) is 1.27. The normalized spacial score (nSPS) is 11.4. The molecule has 0 saturated heterocycles. The Bertz CT molecular complexity index is 951. The van der Waals surface area contributed by atoms with E-state index in [1.54, 1.807) is 66.7 Å². The number of methoxy groups -OCH3 is 2. The summed E-state index contributed by atoms with van der Waals surface area (Å²) in [5.74, 6) is -0.0954. The van der Waals surface area contributed by atoms with Crippen LogP contribution in [0.15, 0.2) is 78.9 Å². The van der Waals surface area contributed by atoms with Crippen LogP contribution in [-0.2, 0) is 4.74 Å². The van der Waals surface area contributed by atoms with Gasteiger partial charge in [-0.15, -0.1) is 0 Å². The second kappa shape index (κ2) is 8.86. The van der Waals surface area contributed by atoms with Gasteiger partial charge in [-0.05, 0) is 12.1 Å². The molecule has 28 heavy (non-hydrogen) atoms. The highest BCUT2D eigenvalue weighted by molar-refractivity contribution is 6.02. The van der Waals surface area contributed by atoms with Crippen molar-refractivity contribution in [1.29, 1.82) is 0 Å². The number of esters is 1. The van der Waals surface area contributed by atoms with Crippen molar-refractivity contribution >= 4 is 11.8 Å². The van der Waals surface area contributed by atoms with Crippen LogP contribution in [0.3, 0.4) is 0 Å². The highest BCUT2D eigenvalue weighted by Gasteiger charge is 2.28. The van der Waals surface area contributed by atoms with Gasteiger partial charge in [0.2, 0.25) is 5.78 Å². The van der Waals surface area contributed by atoms with Crippen molar-refractivity contribution in [3.63, 3.8) is 0 Å². The summed E-state index contributed by atoms with van der Waals surface area (Å²) < 4.78 is 16.1. The average molecular weight is 376 g/mol. The van der Waals surface area contributed by atoms with Crippen LogP contribution in [0.1, 0.15) is 32.4 Å². The van der Waals surface area contributed by atoms with Crippen molar-refractivity contribution in [2.24, 2.45) is 0 Å². The van der Waals surface area contributed by atoms with Gasteiger partial charge in [-0.1, -0.05) is 60.7 Å². The molecule has 0 unspecified atom stereocenters. The van der Waals surface area contributed by atoms with Crippen LogP contribution in [0.4, 0.5) is 0 Å². The molecule has 5 nitrogen and oxygen atoms in total. The summed E-state index contributed by atoms with van der Waals surface area (Å²) in [4.78, 5) is 25.9. The van der Waals surface area contributed by atoms with Crippen LogP contribution >= 0.6 is 0 Å². The first-order chi connectivity index (χ1) is 13.6. The highest BCUT2D eigenvalue weighted by Crippen LogP contribution is 2.29. The molecular formula is C23H20O5. The van der Waals surface area contributed by atoms with Gasteiger partial charge < -0.3 is 14.2 Å². The van der Waals surface area contributed by atoms with E-state index in [-0.39, 0.29) is 11.3 Å². The number of benzene rings is 3. The van der Waals surface area contributed by atoms with E-state index < -0.39 is 12.1 Å². The summed E-state index contributed by atoms with van der Waals surface area (Å²) in [6.45, 7) is 0. The fourth-order valence-corrected chi connectivity index (χ4v) is 2.79. The number of hydrogen-bond acceptors (Lipinski definition) is 5. The molecule has 5 heteroatoms. The van der Waals surface area contributed by atoms with Crippen molar-refractivity contribution in [2.75, 3.05) is 14.2 Å². The highest BCUT2D eigenvalue weighted by atomic mass is 16.5. The molecule has 0 heterocycles. The molecule has 0 saturated carbocycles. The Morgan fingerprint density at radius 3 is 2.04 bits per heavy atom. The Kier molecular flexibility index (Phi) is 6.07. The molecule has 0 N–H and O–H groups in total. The first-order valence-corrected chi connectivity index (χ1v) is 8.71. The average Bonchev–Trinajstić information content (AvgIpc) is 2.77. The third-order valence-electron chi connectivity index (χ3n) is 4.25. The lowest BCUT2D eigenvalue weighted by Gasteiger charge is -2.18. The van der Waals surface area contributed by atoms with Gasteiger partial charge >= 0.3 is 5.97 Å². The Morgan fingerprint density at radius 1 is 0.786 bits per heavy atom. The monoisotopic (exact) mass is 376 g/mol. The molecular weight excluding hydrogens is 356 g/mol. The van der Waals surface area contributed by atoms with E-state index in [0.29, 0.717) is 22.6 Å². The second-order valence-electron chi connectivity index (χ2n) is 5.99. The van der Waals surface area contributed by atoms with Crippen molar-refractivity contribution in [3.8, 4) is 11.5 Å². The van der Waals surface area contributed by atoms with Gasteiger partial charge in [0.15, 0.2) is 6.10 Å². The molecule has 1 atom stereocenters. The van der Waals surface area contributed by atoms with Gasteiger partial charge in [-0.25, -0.2) is 4.79 Å².